The molecule has 0 saturated heterocycles. The van der Waals surface area contributed by atoms with Crippen LogP contribution in [0.25, 0.3) is 0 Å². The molecule has 2 atom stereocenters. The van der Waals surface area contributed by atoms with Gasteiger partial charge in [-0.15, -0.1) is 0 Å². The van der Waals surface area contributed by atoms with Gasteiger partial charge in [0.2, 0.25) is 0 Å². The highest BCUT2D eigenvalue weighted by atomic mass is 32.2. The van der Waals surface area contributed by atoms with Crippen LogP contribution in [0.15, 0.2) is 6.20 Å². The summed E-state index contributed by atoms with van der Waals surface area (Å²) in [5.74, 6) is 1.11. The Hall–Kier alpha value is -0.520. The molecule has 1 heterocycles. The molecule has 0 spiro atoms. The summed E-state index contributed by atoms with van der Waals surface area (Å²) in [5.41, 5.74) is 8.52. The lowest BCUT2D eigenvalue weighted by Gasteiger charge is -2.33. The van der Waals surface area contributed by atoms with Gasteiger partial charge >= 0.3 is 0 Å². The third-order valence-electron chi connectivity index (χ3n) is 3.74. The third kappa shape index (κ3) is 3.99. The highest BCUT2D eigenvalue weighted by Crippen LogP contribution is 2.31. The van der Waals surface area contributed by atoms with Crippen molar-refractivity contribution in [3.63, 3.8) is 0 Å². The number of thioether (sulfide) groups is 1. The molecule has 0 fully saturated rings. The number of rotatable bonds is 6. The molecule has 116 valence electrons. The van der Waals surface area contributed by atoms with Gasteiger partial charge < -0.3 is 5.73 Å². The van der Waals surface area contributed by atoms with E-state index in [1.165, 1.54) is 5.56 Å². The van der Waals surface area contributed by atoms with E-state index in [0.29, 0.717) is 12.6 Å². The summed E-state index contributed by atoms with van der Waals surface area (Å²) in [6.45, 7) is 9.49. The van der Waals surface area contributed by atoms with Gasteiger partial charge in [-0.25, -0.2) is 0 Å². The zero-order valence-corrected chi connectivity index (χ0v) is 14.8. The summed E-state index contributed by atoms with van der Waals surface area (Å²) in [4.78, 5) is 2.38. The fourth-order valence-corrected chi connectivity index (χ4v) is 3.23. The number of likely N-dealkylation sites (N-methyl/N-ethyl adjacent to an activating group) is 1. The van der Waals surface area contributed by atoms with Crippen molar-refractivity contribution in [2.24, 2.45) is 12.8 Å². The zero-order valence-electron chi connectivity index (χ0n) is 14.0. The first-order chi connectivity index (χ1) is 9.22. The number of aryl methyl sites for hydroxylation is 1. The molecule has 5 heteroatoms. The van der Waals surface area contributed by atoms with Gasteiger partial charge in [-0.05, 0) is 20.2 Å². The molecule has 0 aliphatic heterocycles. The molecule has 0 aliphatic carbocycles. The number of nitrogens with zero attached hydrogens (tertiary/aromatic N) is 3. The van der Waals surface area contributed by atoms with Crippen LogP contribution in [0, 0.1) is 0 Å². The van der Waals surface area contributed by atoms with Gasteiger partial charge in [0.1, 0.15) is 0 Å². The molecular weight excluding hydrogens is 268 g/mol. The predicted molar refractivity (Wildman–Crippen MR) is 89.3 cm³/mol. The van der Waals surface area contributed by atoms with Crippen molar-refractivity contribution in [1.29, 1.82) is 0 Å². The van der Waals surface area contributed by atoms with Crippen molar-refractivity contribution < 1.29 is 0 Å². The predicted octanol–water partition coefficient (Wildman–Crippen LogP) is 2.40. The highest BCUT2D eigenvalue weighted by Gasteiger charge is 2.29. The average molecular weight is 299 g/mol. The van der Waals surface area contributed by atoms with Crippen LogP contribution in [0.4, 0.5) is 0 Å². The van der Waals surface area contributed by atoms with E-state index in [2.05, 4.69) is 57.2 Å². The molecule has 20 heavy (non-hydrogen) atoms. The molecular formula is C15H30N4S. The Morgan fingerprint density at radius 2 is 2.05 bits per heavy atom. The van der Waals surface area contributed by atoms with E-state index in [4.69, 9.17) is 5.73 Å². The van der Waals surface area contributed by atoms with Crippen LogP contribution in [0.5, 0.6) is 0 Å². The number of hydrogen-bond acceptors (Lipinski definition) is 4. The monoisotopic (exact) mass is 298 g/mol. The van der Waals surface area contributed by atoms with Crippen LogP contribution in [0.2, 0.25) is 0 Å². The van der Waals surface area contributed by atoms with E-state index >= 15 is 0 Å². The SMILES string of the molecule is CSCC(C)N(C)C(CN)c1cn(C)nc1C(C)(C)C. The van der Waals surface area contributed by atoms with E-state index in [9.17, 15) is 0 Å². The van der Waals surface area contributed by atoms with Crippen LogP contribution in [-0.2, 0) is 12.5 Å². The maximum absolute atomic E-state index is 6.08. The molecule has 1 aromatic rings. The Morgan fingerprint density at radius 3 is 2.50 bits per heavy atom. The summed E-state index contributed by atoms with van der Waals surface area (Å²) in [7, 11) is 4.15. The minimum atomic E-state index is 0.0353. The van der Waals surface area contributed by atoms with E-state index in [-0.39, 0.29) is 11.5 Å². The lowest BCUT2D eigenvalue weighted by molar-refractivity contribution is 0.202. The van der Waals surface area contributed by atoms with Gasteiger partial charge in [-0.3, -0.25) is 9.58 Å². The van der Waals surface area contributed by atoms with Crippen LogP contribution < -0.4 is 5.73 Å². The van der Waals surface area contributed by atoms with Gasteiger partial charge in [0.15, 0.2) is 0 Å². The van der Waals surface area contributed by atoms with E-state index in [1.807, 2.05) is 23.5 Å². The van der Waals surface area contributed by atoms with Crippen molar-refractivity contribution in [1.82, 2.24) is 14.7 Å². The first-order valence-electron chi connectivity index (χ1n) is 7.17. The van der Waals surface area contributed by atoms with E-state index < -0.39 is 0 Å². The molecule has 0 aromatic carbocycles. The largest absolute Gasteiger partial charge is 0.329 e. The summed E-state index contributed by atoms with van der Waals surface area (Å²) >= 11 is 1.87. The molecule has 0 saturated carbocycles. The smallest absolute Gasteiger partial charge is 0.0726 e. The minimum absolute atomic E-state index is 0.0353. The first-order valence-corrected chi connectivity index (χ1v) is 8.56. The van der Waals surface area contributed by atoms with Crippen LogP contribution in [0.1, 0.15) is 45.0 Å². The molecule has 1 rings (SSSR count). The lowest BCUT2D eigenvalue weighted by atomic mass is 9.87. The lowest BCUT2D eigenvalue weighted by Crippen LogP contribution is -2.39. The number of nitrogens with two attached hydrogens (primary N) is 1. The average Bonchev–Trinajstić information content (AvgIpc) is 2.72. The first kappa shape index (κ1) is 17.5. The minimum Gasteiger partial charge on any atom is -0.329 e. The van der Waals surface area contributed by atoms with E-state index in [0.717, 1.165) is 11.4 Å². The van der Waals surface area contributed by atoms with Crippen LogP contribution in [-0.4, -0.2) is 46.3 Å². The second-order valence-corrected chi connectivity index (χ2v) is 7.49. The van der Waals surface area contributed by atoms with Gasteiger partial charge in [-0.2, -0.15) is 16.9 Å². The van der Waals surface area contributed by atoms with Crippen molar-refractivity contribution in [2.75, 3.05) is 25.6 Å². The maximum atomic E-state index is 6.08. The van der Waals surface area contributed by atoms with Gasteiger partial charge in [0, 0.05) is 42.6 Å². The van der Waals surface area contributed by atoms with Crippen LogP contribution >= 0.6 is 11.8 Å². The zero-order chi connectivity index (χ0) is 15.5. The Morgan fingerprint density at radius 1 is 1.45 bits per heavy atom. The molecule has 2 unspecified atom stereocenters. The normalized spacial score (nSPS) is 15.7. The van der Waals surface area contributed by atoms with Gasteiger partial charge in [0.05, 0.1) is 11.7 Å². The third-order valence-corrected chi connectivity index (χ3v) is 4.56. The van der Waals surface area contributed by atoms with Crippen molar-refractivity contribution >= 4 is 11.8 Å². The number of aromatic nitrogens is 2. The second-order valence-electron chi connectivity index (χ2n) is 6.58. The van der Waals surface area contributed by atoms with Crippen molar-refractivity contribution in [2.45, 2.75) is 45.2 Å². The maximum Gasteiger partial charge on any atom is 0.0726 e. The highest BCUT2D eigenvalue weighted by molar-refractivity contribution is 7.98. The molecule has 0 bridgehead atoms. The molecule has 0 aliphatic rings. The van der Waals surface area contributed by atoms with Gasteiger partial charge in [-0.1, -0.05) is 20.8 Å². The Bertz CT molecular complexity index is 422. The summed E-state index contributed by atoms with van der Waals surface area (Å²) in [5, 5.41) is 4.67. The Kier molecular flexibility index (Phi) is 6.10. The summed E-state index contributed by atoms with van der Waals surface area (Å²) in [6, 6.07) is 0.714. The second kappa shape index (κ2) is 6.96. The molecule has 1 aromatic heterocycles. The number of hydrogen-bond donors (Lipinski definition) is 1. The standard InChI is InChI=1S/C15H30N4S/c1-11(10-20-7)19(6)13(8-16)12-9-18(5)17-14(12)15(2,3)4/h9,11,13H,8,10,16H2,1-7H3. The van der Waals surface area contributed by atoms with E-state index in [1.54, 1.807) is 0 Å². The molecule has 4 nitrogen and oxygen atoms in total. The van der Waals surface area contributed by atoms with Gasteiger partial charge in [0.25, 0.3) is 0 Å². The Balaban J connectivity index is 3.12. The quantitative estimate of drug-likeness (QED) is 0.876. The Labute approximate surface area is 128 Å². The molecule has 0 amide bonds. The summed E-state index contributed by atoms with van der Waals surface area (Å²) in [6.07, 6.45) is 4.27. The molecule has 0 radical (unpaired) electrons. The van der Waals surface area contributed by atoms with Crippen LogP contribution in [0.3, 0.4) is 0 Å². The fourth-order valence-electron chi connectivity index (χ4n) is 2.51. The van der Waals surface area contributed by atoms with Crippen molar-refractivity contribution in [3.8, 4) is 0 Å². The van der Waals surface area contributed by atoms with Crippen molar-refractivity contribution in [3.05, 3.63) is 17.5 Å². The topological polar surface area (TPSA) is 47.1 Å². The molecule has 2 N–H and O–H groups in total. The summed E-state index contributed by atoms with van der Waals surface area (Å²) < 4.78 is 1.91. The fraction of sp³-hybridized carbons (Fsp3) is 0.800.